The Bertz CT molecular complexity index is 261. The van der Waals surface area contributed by atoms with Crippen LogP contribution in [0.5, 0.6) is 0 Å². The molecule has 2 N–H and O–H groups in total. The lowest BCUT2D eigenvalue weighted by Gasteiger charge is -2.11. The van der Waals surface area contributed by atoms with Crippen LogP contribution in [0, 0.1) is 5.92 Å². The van der Waals surface area contributed by atoms with Gasteiger partial charge in [0.15, 0.2) is 5.78 Å². The SMILES string of the molecule is C=CCC.CCCCCCCC(CC(=O)O)C(=O)CO. The van der Waals surface area contributed by atoms with Gasteiger partial charge >= 0.3 is 5.97 Å². The molecule has 118 valence electrons. The van der Waals surface area contributed by atoms with E-state index in [-0.39, 0.29) is 12.2 Å². The number of carbonyl (C=O) groups excluding carboxylic acids is 1. The Balaban J connectivity index is 0. The molecule has 20 heavy (non-hydrogen) atoms. The van der Waals surface area contributed by atoms with Crippen molar-refractivity contribution in [3.8, 4) is 0 Å². The number of aliphatic carboxylic acids is 1. The van der Waals surface area contributed by atoms with Crippen LogP contribution in [0.1, 0.15) is 65.2 Å². The van der Waals surface area contributed by atoms with E-state index in [0.29, 0.717) is 6.42 Å². The number of hydrogen-bond donors (Lipinski definition) is 2. The number of aliphatic hydroxyl groups is 1. The largest absolute Gasteiger partial charge is 0.481 e. The van der Waals surface area contributed by atoms with Crippen molar-refractivity contribution in [3.05, 3.63) is 12.7 Å². The monoisotopic (exact) mass is 286 g/mol. The molecule has 0 spiro atoms. The Morgan fingerprint density at radius 2 is 1.70 bits per heavy atom. The summed E-state index contributed by atoms with van der Waals surface area (Å²) in [4.78, 5) is 21.8. The molecule has 4 heteroatoms. The van der Waals surface area contributed by atoms with Gasteiger partial charge in [-0.15, -0.1) is 6.58 Å². The number of Topliss-reactive ketones (excluding diaryl/α,β-unsaturated/α-hetero) is 1. The highest BCUT2D eigenvalue weighted by molar-refractivity contribution is 5.85. The van der Waals surface area contributed by atoms with Crippen LogP contribution >= 0.6 is 0 Å². The molecular weight excluding hydrogens is 256 g/mol. The topological polar surface area (TPSA) is 74.6 Å². The minimum Gasteiger partial charge on any atom is -0.481 e. The van der Waals surface area contributed by atoms with E-state index in [1.807, 2.05) is 6.08 Å². The van der Waals surface area contributed by atoms with Crippen molar-refractivity contribution >= 4 is 11.8 Å². The third kappa shape index (κ3) is 14.9. The maximum absolute atomic E-state index is 11.3. The fourth-order valence-electron chi connectivity index (χ4n) is 1.71. The maximum Gasteiger partial charge on any atom is 0.304 e. The van der Waals surface area contributed by atoms with Gasteiger partial charge < -0.3 is 10.2 Å². The molecule has 0 aliphatic rings. The fraction of sp³-hybridized carbons (Fsp3) is 0.750. The number of aliphatic hydroxyl groups excluding tert-OH is 1. The number of hydrogen-bond acceptors (Lipinski definition) is 3. The van der Waals surface area contributed by atoms with Crippen molar-refractivity contribution < 1.29 is 19.8 Å². The molecule has 1 atom stereocenters. The lowest BCUT2D eigenvalue weighted by Crippen LogP contribution is -2.21. The standard InChI is InChI=1S/C12H22O4.C4H8/c1-2-3-4-5-6-7-10(8-12(15)16)11(14)9-13;1-3-4-2/h10,13H,2-9H2,1H3,(H,15,16);3H,1,4H2,2H3. The van der Waals surface area contributed by atoms with Crippen LogP contribution in [0.15, 0.2) is 12.7 Å². The van der Waals surface area contributed by atoms with E-state index in [1.165, 1.54) is 6.42 Å². The molecular formula is C16H30O4. The number of rotatable bonds is 11. The average Bonchev–Trinajstić information content (AvgIpc) is 2.44. The average molecular weight is 286 g/mol. The highest BCUT2D eigenvalue weighted by atomic mass is 16.4. The quantitative estimate of drug-likeness (QED) is 0.449. The molecule has 0 radical (unpaired) electrons. The second-order valence-electron chi connectivity index (χ2n) is 4.82. The van der Waals surface area contributed by atoms with Gasteiger partial charge in [-0.25, -0.2) is 0 Å². The van der Waals surface area contributed by atoms with E-state index >= 15 is 0 Å². The van der Waals surface area contributed by atoms with Crippen LogP contribution in [0.4, 0.5) is 0 Å². The molecule has 0 amide bonds. The molecule has 0 aliphatic heterocycles. The molecule has 0 aromatic heterocycles. The summed E-state index contributed by atoms with van der Waals surface area (Å²) in [6, 6.07) is 0. The summed E-state index contributed by atoms with van der Waals surface area (Å²) in [7, 11) is 0. The smallest absolute Gasteiger partial charge is 0.304 e. The van der Waals surface area contributed by atoms with E-state index in [9.17, 15) is 9.59 Å². The second kappa shape index (κ2) is 15.9. The number of unbranched alkanes of at least 4 members (excludes halogenated alkanes) is 4. The lowest BCUT2D eigenvalue weighted by atomic mass is 9.93. The van der Waals surface area contributed by atoms with Crippen molar-refractivity contribution in [1.29, 1.82) is 0 Å². The minimum absolute atomic E-state index is 0.160. The third-order valence-electron chi connectivity index (χ3n) is 2.98. The summed E-state index contributed by atoms with van der Waals surface area (Å²) >= 11 is 0. The van der Waals surface area contributed by atoms with Gasteiger partial charge in [-0.2, -0.15) is 0 Å². The van der Waals surface area contributed by atoms with Gasteiger partial charge in [0, 0.05) is 5.92 Å². The van der Waals surface area contributed by atoms with Crippen LogP contribution in [-0.2, 0) is 9.59 Å². The summed E-state index contributed by atoms with van der Waals surface area (Å²) in [5, 5.41) is 17.4. The summed E-state index contributed by atoms with van der Waals surface area (Å²) in [5.74, 6) is -1.83. The van der Waals surface area contributed by atoms with Crippen molar-refractivity contribution in [2.45, 2.75) is 65.2 Å². The fourth-order valence-corrected chi connectivity index (χ4v) is 1.71. The van der Waals surface area contributed by atoms with E-state index < -0.39 is 18.5 Å². The first-order valence-corrected chi connectivity index (χ1v) is 7.49. The summed E-state index contributed by atoms with van der Waals surface area (Å²) < 4.78 is 0. The van der Waals surface area contributed by atoms with Crippen LogP contribution in [0.3, 0.4) is 0 Å². The summed E-state index contributed by atoms with van der Waals surface area (Å²) in [6.45, 7) is 7.12. The first-order valence-electron chi connectivity index (χ1n) is 7.49. The van der Waals surface area contributed by atoms with Gasteiger partial charge in [-0.05, 0) is 12.8 Å². The molecule has 0 aromatic carbocycles. The second-order valence-corrected chi connectivity index (χ2v) is 4.82. The highest BCUT2D eigenvalue weighted by Crippen LogP contribution is 2.16. The predicted molar refractivity (Wildman–Crippen MR) is 81.7 cm³/mol. The summed E-state index contributed by atoms with van der Waals surface area (Å²) in [5.41, 5.74) is 0. The van der Waals surface area contributed by atoms with Gasteiger partial charge in [0.2, 0.25) is 0 Å². The number of carboxylic acid groups (broad SMARTS) is 1. The molecule has 0 rings (SSSR count). The zero-order valence-corrected chi connectivity index (χ0v) is 12.9. The first-order chi connectivity index (χ1) is 9.53. The Morgan fingerprint density at radius 1 is 1.15 bits per heavy atom. The van der Waals surface area contributed by atoms with Crippen LogP contribution in [-0.4, -0.2) is 28.6 Å². The van der Waals surface area contributed by atoms with E-state index in [1.54, 1.807) is 0 Å². The van der Waals surface area contributed by atoms with Crippen LogP contribution < -0.4 is 0 Å². The number of carboxylic acids is 1. The van der Waals surface area contributed by atoms with E-state index in [4.69, 9.17) is 10.2 Å². The Morgan fingerprint density at radius 3 is 2.10 bits per heavy atom. The first kappa shape index (κ1) is 21.1. The molecule has 0 saturated carbocycles. The highest BCUT2D eigenvalue weighted by Gasteiger charge is 2.20. The maximum atomic E-state index is 11.3. The number of carbonyl (C=O) groups is 2. The van der Waals surface area contributed by atoms with E-state index in [2.05, 4.69) is 20.4 Å². The summed E-state index contributed by atoms with van der Waals surface area (Å²) in [6.07, 6.45) is 8.74. The molecule has 1 unspecified atom stereocenters. The van der Waals surface area contributed by atoms with Gasteiger partial charge in [0.05, 0.1) is 6.42 Å². The molecule has 0 bridgehead atoms. The lowest BCUT2D eigenvalue weighted by molar-refractivity contribution is -0.141. The molecule has 0 saturated heterocycles. The molecule has 0 aromatic rings. The van der Waals surface area contributed by atoms with E-state index in [0.717, 1.165) is 32.1 Å². The predicted octanol–water partition coefficient (Wildman–Crippen LogP) is 3.58. The van der Waals surface area contributed by atoms with Gasteiger partial charge in [0.1, 0.15) is 6.61 Å². The Hall–Kier alpha value is -1.16. The van der Waals surface area contributed by atoms with Crippen molar-refractivity contribution in [2.75, 3.05) is 6.61 Å². The number of allylic oxidation sites excluding steroid dienone is 1. The zero-order valence-electron chi connectivity index (χ0n) is 12.9. The Kier molecular flexibility index (Phi) is 16.8. The zero-order chi connectivity index (χ0) is 15.8. The van der Waals surface area contributed by atoms with Crippen molar-refractivity contribution in [3.63, 3.8) is 0 Å². The molecule has 0 fully saturated rings. The van der Waals surface area contributed by atoms with Crippen molar-refractivity contribution in [2.24, 2.45) is 5.92 Å². The molecule has 0 heterocycles. The van der Waals surface area contributed by atoms with Gasteiger partial charge in [-0.3, -0.25) is 9.59 Å². The Labute approximate surface area is 122 Å². The third-order valence-corrected chi connectivity index (χ3v) is 2.98. The normalized spacial score (nSPS) is 11.2. The minimum atomic E-state index is -0.972. The number of ketones is 1. The van der Waals surface area contributed by atoms with Crippen LogP contribution in [0.2, 0.25) is 0 Å². The van der Waals surface area contributed by atoms with Gasteiger partial charge in [0.25, 0.3) is 0 Å². The van der Waals surface area contributed by atoms with Crippen molar-refractivity contribution in [1.82, 2.24) is 0 Å². The van der Waals surface area contributed by atoms with Crippen LogP contribution in [0.25, 0.3) is 0 Å². The molecule has 0 aliphatic carbocycles. The molecule has 4 nitrogen and oxygen atoms in total. The van der Waals surface area contributed by atoms with Gasteiger partial charge in [-0.1, -0.05) is 52.0 Å².